The van der Waals surface area contributed by atoms with Crippen molar-refractivity contribution in [3.05, 3.63) is 107 Å². The van der Waals surface area contributed by atoms with Gasteiger partial charge >= 0.3 is 12.1 Å². The van der Waals surface area contributed by atoms with Crippen molar-refractivity contribution in [1.82, 2.24) is 19.5 Å². The second-order valence-electron chi connectivity index (χ2n) is 10.8. The van der Waals surface area contributed by atoms with Gasteiger partial charge in [0.1, 0.15) is 0 Å². The van der Waals surface area contributed by atoms with E-state index in [1.807, 2.05) is 11.6 Å². The number of aryl methyl sites for hydroxylation is 1. The summed E-state index contributed by atoms with van der Waals surface area (Å²) in [6.07, 6.45) is -4.07. The maximum absolute atomic E-state index is 13.5. The van der Waals surface area contributed by atoms with Gasteiger partial charge in [-0.25, -0.2) is 22.6 Å². The molecule has 2 heterocycles. The molecule has 1 amide bonds. The number of sulfonamides is 1. The Morgan fingerprint density at radius 3 is 2.42 bits per heavy atom. The molecule has 17 heteroatoms. The van der Waals surface area contributed by atoms with E-state index in [1.54, 1.807) is 42.5 Å². The van der Waals surface area contributed by atoms with Gasteiger partial charge in [0.05, 0.1) is 45.8 Å². The molecule has 5 rings (SSSR count). The van der Waals surface area contributed by atoms with E-state index in [9.17, 15) is 36.4 Å². The largest absolute Gasteiger partial charge is 0.569 e. The van der Waals surface area contributed by atoms with Crippen LogP contribution in [-0.2, 0) is 30.6 Å². The number of piperidine rings is 1. The Morgan fingerprint density at radius 1 is 1.06 bits per heavy atom. The van der Waals surface area contributed by atoms with E-state index < -0.39 is 46.5 Å². The van der Waals surface area contributed by atoms with Gasteiger partial charge < -0.3 is 14.8 Å². The summed E-state index contributed by atoms with van der Waals surface area (Å²) in [7, 11) is -4.40. The number of esters is 1. The van der Waals surface area contributed by atoms with E-state index in [-0.39, 0.29) is 46.3 Å². The van der Waals surface area contributed by atoms with Gasteiger partial charge in [-0.2, -0.15) is 18.3 Å². The van der Waals surface area contributed by atoms with Crippen LogP contribution in [0.5, 0.6) is 0 Å². The number of aromatic nitrogens is 2. The maximum Gasteiger partial charge on any atom is 0.435 e. The number of halogens is 3. The van der Waals surface area contributed by atoms with Gasteiger partial charge in [-0.05, 0) is 62.2 Å². The number of carbonyl (C=O) groups is 2. The van der Waals surface area contributed by atoms with Crippen LogP contribution in [0.2, 0.25) is 0 Å². The lowest BCUT2D eigenvalue weighted by Crippen LogP contribution is -2.46. The SMILES string of the molecule is Cc1ccc(-c2cc(C(F)(F)F)nn2-c2ccc(S(=O)(=O)NC(=O)C3CCCN([N+]([O-])=NOCOC(=O)c4ccccc4)C3)cc2)cc1. The molecule has 0 bridgehead atoms. The molecule has 4 aromatic rings. The van der Waals surface area contributed by atoms with E-state index in [4.69, 9.17) is 9.57 Å². The first-order chi connectivity index (χ1) is 22.8. The molecule has 1 aromatic heterocycles. The molecule has 48 heavy (non-hydrogen) atoms. The average molecular weight is 687 g/mol. The summed E-state index contributed by atoms with van der Waals surface area (Å²) in [5, 5.41) is 20.6. The number of hydrogen-bond donors (Lipinski definition) is 1. The van der Waals surface area contributed by atoms with Gasteiger partial charge in [-0.15, -0.1) is 5.01 Å². The molecule has 252 valence electrons. The third-order valence-corrected chi connectivity index (χ3v) is 8.73. The van der Waals surface area contributed by atoms with Crippen LogP contribution in [0.4, 0.5) is 13.2 Å². The van der Waals surface area contributed by atoms with Crippen molar-refractivity contribution in [2.75, 3.05) is 19.9 Å². The summed E-state index contributed by atoms with van der Waals surface area (Å²) in [4.78, 5) is 29.4. The monoisotopic (exact) mass is 686 g/mol. The van der Waals surface area contributed by atoms with Crippen molar-refractivity contribution in [2.24, 2.45) is 11.2 Å². The number of hydrogen-bond acceptors (Lipinski definition) is 9. The van der Waals surface area contributed by atoms with Gasteiger partial charge in [0.2, 0.25) is 11.2 Å². The Labute approximate surface area is 272 Å². The number of hydrazine groups is 1. The molecule has 1 aliphatic rings. The molecule has 0 aliphatic carbocycles. The van der Waals surface area contributed by atoms with Crippen molar-refractivity contribution in [3.8, 4) is 16.9 Å². The minimum atomic E-state index is -4.71. The van der Waals surface area contributed by atoms with Crippen LogP contribution in [0.25, 0.3) is 16.9 Å². The topological polar surface area (TPSA) is 158 Å². The third kappa shape index (κ3) is 8.09. The first-order valence-electron chi connectivity index (χ1n) is 14.5. The number of nitrogens with one attached hydrogen (secondary N) is 1. The summed E-state index contributed by atoms with van der Waals surface area (Å²) in [5.41, 5.74) is 0.839. The average Bonchev–Trinajstić information content (AvgIpc) is 3.54. The van der Waals surface area contributed by atoms with Gasteiger partial charge in [0.15, 0.2) is 5.69 Å². The Bertz CT molecular complexity index is 1900. The highest BCUT2D eigenvalue weighted by molar-refractivity contribution is 7.90. The predicted molar refractivity (Wildman–Crippen MR) is 162 cm³/mol. The van der Waals surface area contributed by atoms with E-state index in [1.165, 1.54) is 24.3 Å². The first-order valence-corrected chi connectivity index (χ1v) is 16.0. The highest BCUT2D eigenvalue weighted by Crippen LogP contribution is 2.33. The highest BCUT2D eigenvalue weighted by atomic mass is 32.2. The molecule has 1 saturated heterocycles. The predicted octanol–water partition coefficient (Wildman–Crippen LogP) is 5.01. The van der Waals surface area contributed by atoms with Crippen molar-refractivity contribution in [1.29, 1.82) is 0 Å². The fourth-order valence-corrected chi connectivity index (χ4v) is 5.92. The van der Waals surface area contributed by atoms with Crippen LogP contribution in [0.15, 0.2) is 95.1 Å². The van der Waals surface area contributed by atoms with Crippen LogP contribution < -0.4 is 4.72 Å². The second kappa shape index (κ2) is 14.1. The molecule has 1 fully saturated rings. The number of amides is 1. The molecule has 13 nitrogen and oxygen atoms in total. The molecule has 0 spiro atoms. The molecule has 0 radical (unpaired) electrons. The number of carbonyl (C=O) groups excluding carboxylic acids is 2. The Hall–Kier alpha value is -5.45. The normalized spacial score (nSPS) is 15.5. The second-order valence-corrected chi connectivity index (χ2v) is 12.5. The van der Waals surface area contributed by atoms with Crippen LogP contribution in [0, 0.1) is 18.0 Å². The molecular weight excluding hydrogens is 657 g/mol. The number of benzene rings is 3. The molecule has 3 aromatic carbocycles. The standard InChI is InChI=1S/C31H29F3N6O7S/c1-21-9-11-22(12-10-21)27-18-28(31(32,33)34)35-39(27)25-13-15-26(16-14-25)48(44,45)36-29(41)24-8-5-17-38(19-24)40(43)37-47-20-46-30(42)23-6-3-2-4-7-23/h2-4,6-7,9-16,18,24H,5,8,17,19-20H2,1H3,(H,36,41). The lowest BCUT2D eigenvalue weighted by Gasteiger charge is -2.27. The van der Waals surface area contributed by atoms with E-state index in [2.05, 4.69) is 10.4 Å². The number of rotatable bonds is 10. The Kier molecular flexibility index (Phi) is 9.98. The Morgan fingerprint density at radius 2 is 1.75 bits per heavy atom. The summed E-state index contributed by atoms with van der Waals surface area (Å²) in [6.45, 7) is 1.22. The van der Waals surface area contributed by atoms with Crippen LogP contribution >= 0.6 is 0 Å². The first kappa shape index (κ1) is 33.9. The molecular formula is C31H29F3N6O7S. The van der Waals surface area contributed by atoms with Crippen molar-refractivity contribution in [2.45, 2.75) is 30.8 Å². The van der Waals surface area contributed by atoms with Gasteiger partial charge in [-0.1, -0.05) is 48.0 Å². The van der Waals surface area contributed by atoms with Crippen LogP contribution in [-0.4, -0.2) is 59.9 Å². The molecule has 1 unspecified atom stereocenters. The zero-order chi connectivity index (χ0) is 34.5. The summed E-state index contributed by atoms with van der Waals surface area (Å²) in [5.74, 6) is -2.45. The smallest absolute Gasteiger partial charge is 0.435 e. The minimum Gasteiger partial charge on any atom is -0.569 e. The molecule has 1 aliphatic heterocycles. The van der Waals surface area contributed by atoms with Crippen LogP contribution in [0.1, 0.15) is 34.5 Å². The fraction of sp³-hybridized carbons (Fsp3) is 0.258. The number of ether oxygens (including phenoxy) is 1. The maximum atomic E-state index is 13.5. The Balaban J connectivity index is 1.22. The number of alkyl halides is 3. The summed E-state index contributed by atoms with van der Waals surface area (Å²) >= 11 is 0. The lowest BCUT2D eigenvalue weighted by atomic mass is 9.99. The minimum absolute atomic E-state index is 0.0906. The highest BCUT2D eigenvalue weighted by Gasteiger charge is 2.36. The van der Waals surface area contributed by atoms with Crippen molar-refractivity contribution in [3.63, 3.8) is 0 Å². The molecule has 1 N–H and O–H groups in total. The zero-order valence-corrected chi connectivity index (χ0v) is 26.1. The quantitative estimate of drug-likeness (QED) is 0.0605. The van der Waals surface area contributed by atoms with Gasteiger partial charge in [-0.3, -0.25) is 4.79 Å². The summed E-state index contributed by atoms with van der Waals surface area (Å²) in [6, 6.07) is 20.6. The fourth-order valence-electron chi connectivity index (χ4n) is 4.88. The summed E-state index contributed by atoms with van der Waals surface area (Å²) < 4.78 is 74.7. The van der Waals surface area contributed by atoms with E-state index in [0.717, 1.165) is 33.5 Å². The molecule has 1 atom stereocenters. The number of nitrogens with zero attached hydrogens (tertiary/aromatic N) is 5. The van der Waals surface area contributed by atoms with Crippen LogP contribution in [0.3, 0.4) is 0 Å². The molecule has 0 saturated carbocycles. The van der Waals surface area contributed by atoms with E-state index >= 15 is 0 Å². The van der Waals surface area contributed by atoms with E-state index in [0.29, 0.717) is 12.0 Å². The van der Waals surface area contributed by atoms with Gasteiger partial charge in [0, 0.05) is 5.56 Å². The van der Waals surface area contributed by atoms with Crippen molar-refractivity contribution < 1.29 is 45.7 Å². The zero-order valence-electron chi connectivity index (χ0n) is 25.3. The lowest BCUT2D eigenvalue weighted by molar-refractivity contribution is -0.714. The third-order valence-electron chi connectivity index (χ3n) is 7.37. The van der Waals surface area contributed by atoms with Crippen molar-refractivity contribution >= 4 is 21.9 Å². The van der Waals surface area contributed by atoms with Gasteiger partial charge in [0.25, 0.3) is 16.8 Å².